The monoisotopic (exact) mass is 476 g/mol. The Labute approximate surface area is 199 Å². The van der Waals surface area contributed by atoms with Crippen molar-refractivity contribution in [2.45, 2.75) is 6.92 Å². The second-order valence-electron chi connectivity index (χ2n) is 7.58. The van der Waals surface area contributed by atoms with Gasteiger partial charge in [0.25, 0.3) is 5.91 Å². The maximum atomic E-state index is 13.0. The number of aromatic nitrogens is 3. The normalized spacial score (nSPS) is 11.2. The Morgan fingerprint density at radius 2 is 1.82 bits per heavy atom. The summed E-state index contributed by atoms with van der Waals surface area (Å²) in [7, 11) is 1.54. The summed E-state index contributed by atoms with van der Waals surface area (Å²) in [5.74, 6) is 1.25. The van der Waals surface area contributed by atoms with Crippen LogP contribution in [0.1, 0.15) is 15.9 Å². The van der Waals surface area contributed by atoms with Crippen LogP contribution >= 0.6 is 23.2 Å². The van der Waals surface area contributed by atoms with Crippen LogP contribution in [-0.2, 0) is 0 Å². The van der Waals surface area contributed by atoms with Crippen LogP contribution in [0.3, 0.4) is 0 Å². The summed E-state index contributed by atoms with van der Waals surface area (Å²) in [5, 5.41) is 4.77. The molecule has 164 valence electrons. The predicted octanol–water partition coefficient (Wildman–Crippen LogP) is 6.65. The van der Waals surface area contributed by atoms with E-state index >= 15 is 0 Å². The number of ether oxygens (including phenoxy) is 1. The number of carbonyl (C=O) groups excluding carboxylic acids is 1. The number of imidazole rings is 1. The molecule has 0 bridgehead atoms. The van der Waals surface area contributed by atoms with Crippen LogP contribution in [0, 0.1) is 6.92 Å². The standard InChI is InChI=1S/C25H18Cl2N4O2/c1-13-9-19-20(30-24(29-19)23-17(27)10-15(26)11-21(23)33-2)12-16(13)25(32)31-22-8-7-14-5-3-4-6-18(14)28-22/h3-12H,1-2H3,(H,29,30)(H,28,31,32). The number of pyridine rings is 1. The lowest BCUT2D eigenvalue weighted by molar-refractivity contribution is 0.102. The molecular formula is C25H18Cl2N4O2. The van der Waals surface area contributed by atoms with Gasteiger partial charge in [0.05, 0.1) is 34.2 Å². The minimum Gasteiger partial charge on any atom is -0.496 e. The molecule has 0 atom stereocenters. The van der Waals surface area contributed by atoms with E-state index in [1.54, 1.807) is 31.4 Å². The molecule has 2 heterocycles. The highest BCUT2D eigenvalue weighted by atomic mass is 35.5. The van der Waals surface area contributed by atoms with Crippen LogP contribution in [0.4, 0.5) is 5.82 Å². The first-order valence-corrected chi connectivity index (χ1v) is 10.9. The summed E-state index contributed by atoms with van der Waals surface area (Å²) >= 11 is 12.5. The predicted molar refractivity (Wildman–Crippen MR) is 133 cm³/mol. The van der Waals surface area contributed by atoms with Gasteiger partial charge in [-0.1, -0.05) is 41.4 Å². The van der Waals surface area contributed by atoms with E-state index in [0.29, 0.717) is 44.1 Å². The highest BCUT2D eigenvalue weighted by Crippen LogP contribution is 2.38. The van der Waals surface area contributed by atoms with Gasteiger partial charge in [0.15, 0.2) is 0 Å². The number of hydrogen-bond acceptors (Lipinski definition) is 4. The first kappa shape index (κ1) is 21.2. The first-order valence-electron chi connectivity index (χ1n) is 10.1. The van der Waals surface area contributed by atoms with Gasteiger partial charge in [-0.05, 0) is 55.0 Å². The van der Waals surface area contributed by atoms with Crippen LogP contribution in [0.5, 0.6) is 5.75 Å². The van der Waals surface area contributed by atoms with Crippen molar-refractivity contribution in [3.8, 4) is 17.1 Å². The second-order valence-corrected chi connectivity index (χ2v) is 8.42. The van der Waals surface area contributed by atoms with E-state index < -0.39 is 0 Å². The maximum absolute atomic E-state index is 13.0. The van der Waals surface area contributed by atoms with E-state index in [4.69, 9.17) is 27.9 Å². The fourth-order valence-electron chi connectivity index (χ4n) is 3.79. The van der Waals surface area contributed by atoms with Crippen molar-refractivity contribution >= 4 is 56.9 Å². The van der Waals surface area contributed by atoms with Gasteiger partial charge in [-0.25, -0.2) is 9.97 Å². The zero-order chi connectivity index (χ0) is 23.1. The molecule has 0 unspecified atom stereocenters. The molecule has 5 rings (SSSR count). The van der Waals surface area contributed by atoms with Crippen molar-refractivity contribution < 1.29 is 9.53 Å². The molecule has 1 amide bonds. The van der Waals surface area contributed by atoms with Gasteiger partial charge in [-0.15, -0.1) is 0 Å². The Balaban J connectivity index is 1.51. The Bertz CT molecular complexity index is 1550. The number of nitrogens with one attached hydrogen (secondary N) is 2. The number of fused-ring (bicyclic) bond motifs is 2. The van der Waals surface area contributed by atoms with Crippen molar-refractivity contribution in [3.05, 3.63) is 81.8 Å². The van der Waals surface area contributed by atoms with Gasteiger partial charge in [0, 0.05) is 16.0 Å². The van der Waals surface area contributed by atoms with Crippen molar-refractivity contribution in [2.75, 3.05) is 12.4 Å². The largest absolute Gasteiger partial charge is 0.496 e. The van der Waals surface area contributed by atoms with Crippen molar-refractivity contribution in [2.24, 2.45) is 0 Å². The number of H-pyrrole nitrogens is 1. The van der Waals surface area contributed by atoms with E-state index in [0.717, 1.165) is 22.0 Å². The zero-order valence-electron chi connectivity index (χ0n) is 17.7. The summed E-state index contributed by atoms with van der Waals surface area (Å²) in [6, 6.07) is 18.4. The van der Waals surface area contributed by atoms with Gasteiger partial charge in [0.2, 0.25) is 0 Å². The third kappa shape index (κ3) is 3.99. The molecule has 33 heavy (non-hydrogen) atoms. The van der Waals surface area contributed by atoms with E-state index in [1.165, 1.54) is 0 Å². The average Bonchev–Trinajstić information content (AvgIpc) is 3.19. The van der Waals surface area contributed by atoms with Crippen LogP contribution in [0.15, 0.2) is 60.7 Å². The molecule has 3 aromatic carbocycles. The number of para-hydroxylation sites is 1. The minimum atomic E-state index is -0.260. The minimum absolute atomic E-state index is 0.260. The van der Waals surface area contributed by atoms with Gasteiger partial charge >= 0.3 is 0 Å². The molecule has 0 saturated heterocycles. The molecule has 6 nitrogen and oxygen atoms in total. The number of aromatic amines is 1. The number of methoxy groups -OCH3 is 1. The number of hydrogen-bond donors (Lipinski definition) is 2. The number of rotatable bonds is 4. The molecule has 2 N–H and O–H groups in total. The summed E-state index contributed by atoms with van der Waals surface area (Å²) in [6.45, 7) is 1.87. The number of halogens is 2. The molecule has 0 aliphatic heterocycles. The first-order chi connectivity index (χ1) is 15.9. The number of benzene rings is 3. The van der Waals surface area contributed by atoms with E-state index in [-0.39, 0.29) is 5.91 Å². The van der Waals surface area contributed by atoms with Gasteiger partial charge in [-0.3, -0.25) is 4.79 Å². The van der Waals surface area contributed by atoms with Gasteiger partial charge < -0.3 is 15.0 Å². The number of nitrogens with zero attached hydrogens (tertiary/aromatic N) is 2. The van der Waals surface area contributed by atoms with Gasteiger partial charge in [0.1, 0.15) is 17.4 Å². The lowest BCUT2D eigenvalue weighted by Gasteiger charge is -2.08. The molecule has 8 heteroatoms. The highest BCUT2D eigenvalue weighted by molar-refractivity contribution is 6.36. The lowest BCUT2D eigenvalue weighted by Crippen LogP contribution is -2.14. The Kier molecular flexibility index (Phi) is 5.40. The number of anilines is 1. The molecular weight excluding hydrogens is 459 g/mol. The number of carbonyl (C=O) groups is 1. The van der Waals surface area contributed by atoms with Crippen LogP contribution < -0.4 is 10.1 Å². The second kappa shape index (κ2) is 8.39. The van der Waals surface area contributed by atoms with Crippen LogP contribution in [0.25, 0.3) is 33.3 Å². The fourth-order valence-corrected chi connectivity index (χ4v) is 4.35. The third-order valence-electron chi connectivity index (χ3n) is 5.39. The number of aryl methyl sites for hydroxylation is 1. The van der Waals surface area contributed by atoms with Crippen molar-refractivity contribution in [1.82, 2.24) is 15.0 Å². The smallest absolute Gasteiger partial charge is 0.257 e. The fraction of sp³-hybridized carbons (Fsp3) is 0.0800. The lowest BCUT2D eigenvalue weighted by atomic mass is 10.1. The Hall–Kier alpha value is -3.61. The quantitative estimate of drug-likeness (QED) is 0.304. The van der Waals surface area contributed by atoms with Crippen LogP contribution in [0.2, 0.25) is 10.0 Å². The molecule has 0 radical (unpaired) electrons. The topological polar surface area (TPSA) is 79.9 Å². The SMILES string of the molecule is COc1cc(Cl)cc(Cl)c1-c1nc2cc(C(=O)Nc3ccc4ccccc4n3)c(C)cc2[nH]1. The molecule has 0 saturated carbocycles. The van der Waals surface area contributed by atoms with E-state index in [1.807, 2.05) is 43.3 Å². The molecule has 0 aliphatic rings. The van der Waals surface area contributed by atoms with Crippen molar-refractivity contribution in [1.29, 1.82) is 0 Å². The molecule has 0 aliphatic carbocycles. The average molecular weight is 477 g/mol. The summed E-state index contributed by atoms with van der Waals surface area (Å²) in [4.78, 5) is 25.5. The van der Waals surface area contributed by atoms with E-state index in [9.17, 15) is 4.79 Å². The third-order valence-corrected chi connectivity index (χ3v) is 5.90. The number of amides is 1. The molecule has 0 fully saturated rings. The maximum Gasteiger partial charge on any atom is 0.257 e. The molecule has 2 aromatic heterocycles. The summed E-state index contributed by atoms with van der Waals surface area (Å²) in [5.41, 5.74) is 4.11. The van der Waals surface area contributed by atoms with Crippen LogP contribution in [-0.4, -0.2) is 28.0 Å². The molecule has 0 spiro atoms. The Morgan fingerprint density at radius 1 is 1.00 bits per heavy atom. The summed E-state index contributed by atoms with van der Waals surface area (Å²) < 4.78 is 5.44. The highest BCUT2D eigenvalue weighted by Gasteiger charge is 2.18. The molecule has 5 aromatic rings. The zero-order valence-corrected chi connectivity index (χ0v) is 19.3. The Morgan fingerprint density at radius 3 is 2.64 bits per heavy atom. The van der Waals surface area contributed by atoms with E-state index in [2.05, 4.69) is 20.3 Å². The van der Waals surface area contributed by atoms with Gasteiger partial charge in [-0.2, -0.15) is 0 Å². The van der Waals surface area contributed by atoms with Crippen molar-refractivity contribution in [3.63, 3.8) is 0 Å². The summed E-state index contributed by atoms with van der Waals surface area (Å²) in [6.07, 6.45) is 0.